The average molecular weight is 320 g/mol. The summed E-state index contributed by atoms with van der Waals surface area (Å²) in [5.41, 5.74) is 0. The van der Waals surface area contributed by atoms with Crippen LogP contribution in [0.3, 0.4) is 0 Å². The van der Waals surface area contributed by atoms with Crippen molar-refractivity contribution in [2.75, 3.05) is 39.3 Å². The second-order valence-corrected chi connectivity index (χ2v) is 5.82. The second kappa shape index (κ2) is 10.4. The number of nitrogens with zero attached hydrogens (tertiary/aromatic N) is 1. The third-order valence-electron chi connectivity index (χ3n) is 4.26. The molecule has 1 unspecified atom stereocenters. The maximum absolute atomic E-state index is 12.1. The molecule has 0 radical (unpaired) electrons. The number of carbonyl (C=O) groups excluding carboxylic acids is 1. The van der Waals surface area contributed by atoms with Gasteiger partial charge >= 0.3 is 0 Å². The van der Waals surface area contributed by atoms with E-state index in [2.05, 4.69) is 15.5 Å². The maximum atomic E-state index is 12.1. The Hall–Kier alpha value is -0.360. The van der Waals surface area contributed by atoms with Crippen LogP contribution in [0.4, 0.5) is 0 Å². The Morgan fingerprint density at radius 3 is 2.62 bits per heavy atom. The number of nitrogens with one attached hydrogen (secondary N) is 2. The van der Waals surface area contributed by atoms with Crippen LogP contribution in [0.15, 0.2) is 0 Å². The number of amides is 1. The first-order valence-corrected chi connectivity index (χ1v) is 8.16. The first kappa shape index (κ1) is 18.7. The van der Waals surface area contributed by atoms with Gasteiger partial charge in [-0.3, -0.25) is 9.69 Å². The molecule has 0 spiro atoms. The standard InChI is InChI=1S/C15H29N3O2.ClH/c1-2-14(20-13-5-3-4-6-13)15(19)17-9-12-18-10-7-16-8-11-18;/h13-14,16H,2-12H2,1H3,(H,17,19);1H. The van der Waals surface area contributed by atoms with Crippen molar-refractivity contribution < 1.29 is 9.53 Å². The van der Waals surface area contributed by atoms with Gasteiger partial charge in [0.25, 0.3) is 0 Å². The molecule has 2 N–H and O–H groups in total. The smallest absolute Gasteiger partial charge is 0.249 e. The van der Waals surface area contributed by atoms with Crippen molar-refractivity contribution in [3.05, 3.63) is 0 Å². The summed E-state index contributed by atoms with van der Waals surface area (Å²) < 4.78 is 5.93. The summed E-state index contributed by atoms with van der Waals surface area (Å²) in [5.74, 6) is 0.0644. The molecule has 1 saturated heterocycles. The van der Waals surface area contributed by atoms with E-state index >= 15 is 0 Å². The molecule has 1 atom stereocenters. The number of rotatable bonds is 7. The predicted octanol–water partition coefficient (Wildman–Crippen LogP) is 1.17. The maximum Gasteiger partial charge on any atom is 0.249 e. The van der Waals surface area contributed by atoms with Crippen LogP contribution in [0.2, 0.25) is 0 Å². The van der Waals surface area contributed by atoms with E-state index in [1.54, 1.807) is 0 Å². The highest BCUT2D eigenvalue weighted by Crippen LogP contribution is 2.22. The largest absolute Gasteiger partial charge is 0.365 e. The van der Waals surface area contributed by atoms with Crippen molar-refractivity contribution >= 4 is 18.3 Å². The zero-order valence-electron chi connectivity index (χ0n) is 13.1. The number of carbonyl (C=O) groups is 1. The van der Waals surface area contributed by atoms with Crippen LogP contribution in [-0.2, 0) is 9.53 Å². The molecule has 1 saturated carbocycles. The SMILES string of the molecule is CCC(OC1CCCC1)C(=O)NCCN1CCNCC1.Cl. The monoisotopic (exact) mass is 319 g/mol. The van der Waals surface area contributed by atoms with Gasteiger partial charge in [-0.05, 0) is 19.3 Å². The zero-order chi connectivity index (χ0) is 14.2. The Morgan fingerprint density at radius 2 is 2.00 bits per heavy atom. The number of hydrogen-bond acceptors (Lipinski definition) is 4. The molecule has 5 nitrogen and oxygen atoms in total. The third kappa shape index (κ3) is 6.51. The van der Waals surface area contributed by atoms with Crippen LogP contribution in [0.5, 0.6) is 0 Å². The van der Waals surface area contributed by atoms with Crippen LogP contribution in [0, 0.1) is 0 Å². The van der Waals surface area contributed by atoms with Gasteiger partial charge in [0.05, 0.1) is 6.10 Å². The lowest BCUT2D eigenvalue weighted by Gasteiger charge is -2.27. The first-order chi connectivity index (χ1) is 9.79. The average Bonchev–Trinajstić information content (AvgIpc) is 2.98. The fourth-order valence-corrected chi connectivity index (χ4v) is 2.99. The molecule has 1 heterocycles. The van der Waals surface area contributed by atoms with Crippen LogP contribution < -0.4 is 10.6 Å². The van der Waals surface area contributed by atoms with E-state index in [1.165, 1.54) is 12.8 Å². The number of hydrogen-bond donors (Lipinski definition) is 2. The summed E-state index contributed by atoms with van der Waals surface area (Å²) >= 11 is 0. The van der Waals surface area contributed by atoms with Crippen LogP contribution in [0.1, 0.15) is 39.0 Å². The Balaban J connectivity index is 0.00000220. The molecule has 0 aromatic heterocycles. The van der Waals surface area contributed by atoms with Gasteiger partial charge < -0.3 is 15.4 Å². The number of piperazine rings is 1. The molecule has 1 aliphatic carbocycles. The summed E-state index contributed by atoms with van der Waals surface area (Å²) in [7, 11) is 0. The Kier molecular flexibility index (Phi) is 9.24. The summed E-state index contributed by atoms with van der Waals surface area (Å²) in [6, 6.07) is 0. The van der Waals surface area contributed by atoms with Gasteiger partial charge in [0.1, 0.15) is 6.10 Å². The van der Waals surface area contributed by atoms with Gasteiger partial charge in [-0.15, -0.1) is 12.4 Å². The fourth-order valence-electron chi connectivity index (χ4n) is 2.99. The Morgan fingerprint density at radius 1 is 1.33 bits per heavy atom. The van der Waals surface area contributed by atoms with Crippen molar-refractivity contribution in [3.63, 3.8) is 0 Å². The molecule has 0 aromatic carbocycles. The molecular formula is C15H30ClN3O2. The van der Waals surface area contributed by atoms with Crippen LogP contribution in [0.25, 0.3) is 0 Å². The van der Waals surface area contributed by atoms with Crippen molar-refractivity contribution in [2.45, 2.75) is 51.2 Å². The van der Waals surface area contributed by atoms with Crippen LogP contribution in [-0.4, -0.2) is 62.3 Å². The van der Waals surface area contributed by atoms with Gasteiger partial charge in [-0.1, -0.05) is 19.8 Å². The summed E-state index contributed by atoms with van der Waals surface area (Å²) in [5, 5.41) is 6.36. The molecular weight excluding hydrogens is 290 g/mol. The molecule has 0 aromatic rings. The van der Waals surface area contributed by atoms with E-state index in [0.717, 1.165) is 58.5 Å². The lowest BCUT2D eigenvalue weighted by molar-refractivity contribution is -0.136. The normalized spacial score (nSPS) is 21.8. The lowest BCUT2D eigenvalue weighted by Crippen LogP contribution is -2.47. The third-order valence-corrected chi connectivity index (χ3v) is 4.26. The van der Waals surface area contributed by atoms with E-state index in [4.69, 9.17) is 4.74 Å². The van der Waals surface area contributed by atoms with Crippen LogP contribution >= 0.6 is 12.4 Å². The van der Waals surface area contributed by atoms with Crippen molar-refractivity contribution in [1.29, 1.82) is 0 Å². The highest BCUT2D eigenvalue weighted by Gasteiger charge is 2.24. The Labute approximate surface area is 134 Å². The van der Waals surface area contributed by atoms with Crippen molar-refractivity contribution in [1.82, 2.24) is 15.5 Å². The molecule has 2 fully saturated rings. The predicted molar refractivity (Wildman–Crippen MR) is 87.0 cm³/mol. The van der Waals surface area contributed by atoms with Gasteiger partial charge in [-0.25, -0.2) is 0 Å². The minimum atomic E-state index is -0.263. The van der Waals surface area contributed by atoms with Crippen molar-refractivity contribution in [3.8, 4) is 0 Å². The summed E-state index contributed by atoms with van der Waals surface area (Å²) in [4.78, 5) is 14.5. The lowest BCUT2D eigenvalue weighted by atomic mass is 10.2. The van der Waals surface area contributed by atoms with E-state index in [1.807, 2.05) is 6.92 Å². The molecule has 124 valence electrons. The van der Waals surface area contributed by atoms with Gasteiger partial charge in [0.2, 0.25) is 5.91 Å². The van der Waals surface area contributed by atoms with E-state index in [9.17, 15) is 4.79 Å². The summed E-state index contributed by atoms with van der Waals surface area (Å²) in [6.07, 6.45) is 5.52. The minimum absolute atomic E-state index is 0. The number of halogens is 1. The van der Waals surface area contributed by atoms with Gasteiger partial charge in [0.15, 0.2) is 0 Å². The number of ether oxygens (including phenoxy) is 1. The van der Waals surface area contributed by atoms with E-state index < -0.39 is 0 Å². The van der Waals surface area contributed by atoms with Gasteiger partial charge in [-0.2, -0.15) is 0 Å². The molecule has 1 amide bonds. The molecule has 2 rings (SSSR count). The second-order valence-electron chi connectivity index (χ2n) is 5.82. The highest BCUT2D eigenvalue weighted by atomic mass is 35.5. The molecule has 6 heteroatoms. The molecule has 21 heavy (non-hydrogen) atoms. The van der Waals surface area contributed by atoms with Crippen molar-refractivity contribution in [2.24, 2.45) is 0 Å². The molecule has 1 aliphatic heterocycles. The molecule has 0 bridgehead atoms. The zero-order valence-corrected chi connectivity index (χ0v) is 13.9. The minimum Gasteiger partial charge on any atom is -0.365 e. The summed E-state index contributed by atoms with van der Waals surface area (Å²) in [6.45, 7) is 7.94. The highest BCUT2D eigenvalue weighted by molar-refractivity contribution is 5.85. The fraction of sp³-hybridized carbons (Fsp3) is 0.933. The topological polar surface area (TPSA) is 53.6 Å². The van der Waals surface area contributed by atoms with Gasteiger partial charge in [0, 0.05) is 39.3 Å². The molecule has 2 aliphatic rings. The van der Waals surface area contributed by atoms with E-state index in [-0.39, 0.29) is 24.4 Å². The van der Waals surface area contributed by atoms with E-state index in [0.29, 0.717) is 6.10 Å². The first-order valence-electron chi connectivity index (χ1n) is 8.16. The Bertz CT molecular complexity index is 293. The quantitative estimate of drug-likeness (QED) is 0.739.